The van der Waals surface area contributed by atoms with Crippen LogP contribution in [0.5, 0.6) is 0 Å². The number of benzene rings is 1. The van der Waals surface area contributed by atoms with E-state index in [-0.39, 0.29) is 12.1 Å². The molecule has 0 radical (unpaired) electrons. The van der Waals surface area contributed by atoms with Gasteiger partial charge in [-0.2, -0.15) is 0 Å². The first-order valence-corrected chi connectivity index (χ1v) is 10.4. The SMILES string of the molecule is CCCCC(=O)O[C@@H](C(=O)O[C@@H]1C[C@H](C)CC[C@H]1C(C)C)c1ccccc1. The molecule has 1 saturated carbocycles. The van der Waals surface area contributed by atoms with E-state index in [2.05, 4.69) is 20.8 Å². The Hall–Kier alpha value is -1.84. The molecule has 1 fully saturated rings. The van der Waals surface area contributed by atoms with Crippen molar-refractivity contribution in [2.45, 2.75) is 78.4 Å². The molecule has 4 nitrogen and oxygen atoms in total. The van der Waals surface area contributed by atoms with Crippen molar-refractivity contribution in [3.05, 3.63) is 35.9 Å². The van der Waals surface area contributed by atoms with Crippen LogP contribution in [0.15, 0.2) is 30.3 Å². The molecule has 0 unspecified atom stereocenters. The maximum absolute atomic E-state index is 13.0. The molecule has 1 aliphatic carbocycles. The molecule has 0 N–H and O–H groups in total. The van der Waals surface area contributed by atoms with E-state index < -0.39 is 12.1 Å². The largest absolute Gasteiger partial charge is 0.459 e. The Morgan fingerprint density at radius 1 is 1.15 bits per heavy atom. The minimum absolute atomic E-state index is 0.109. The van der Waals surface area contributed by atoms with E-state index in [4.69, 9.17) is 9.47 Å². The van der Waals surface area contributed by atoms with Gasteiger partial charge < -0.3 is 9.47 Å². The summed E-state index contributed by atoms with van der Waals surface area (Å²) in [6, 6.07) is 9.18. The maximum Gasteiger partial charge on any atom is 0.352 e. The average Bonchev–Trinajstić information content (AvgIpc) is 2.64. The third-order valence-electron chi connectivity index (χ3n) is 5.53. The fourth-order valence-corrected chi connectivity index (χ4v) is 3.85. The first-order chi connectivity index (χ1) is 12.9. The molecule has 150 valence electrons. The van der Waals surface area contributed by atoms with Crippen LogP contribution in [0.25, 0.3) is 0 Å². The molecule has 27 heavy (non-hydrogen) atoms. The van der Waals surface area contributed by atoms with Gasteiger partial charge >= 0.3 is 11.9 Å². The zero-order valence-electron chi connectivity index (χ0n) is 17.1. The van der Waals surface area contributed by atoms with Crippen LogP contribution in [-0.2, 0) is 19.1 Å². The summed E-state index contributed by atoms with van der Waals surface area (Å²) < 4.78 is 11.5. The molecule has 0 saturated heterocycles. The number of ether oxygens (including phenoxy) is 2. The number of hydrogen-bond donors (Lipinski definition) is 0. The van der Waals surface area contributed by atoms with E-state index in [9.17, 15) is 9.59 Å². The van der Waals surface area contributed by atoms with Crippen LogP contribution in [0, 0.1) is 17.8 Å². The Kier molecular flexibility index (Phi) is 8.33. The Morgan fingerprint density at radius 2 is 1.85 bits per heavy atom. The zero-order valence-corrected chi connectivity index (χ0v) is 17.1. The molecule has 2 rings (SSSR count). The fourth-order valence-electron chi connectivity index (χ4n) is 3.85. The molecule has 1 aromatic rings. The van der Waals surface area contributed by atoms with Crippen LogP contribution in [0.1, 0.15) is 77.9 Å². The smallest absolute Gasteiger partial charge is 0.352 e. The van der Waals surface area contributed by atoms with Crippen LogP contribution in [0.3, 0.4) is 0 Å². The molecule has 0 heterocycles. The predicted octanol–water partition coefficient (Wildman–Crippen LogP) is 5.47. The second kappa shape index (κ2) is 10.5. The van der Waals surface area contributed by atoms with Gasteiger partial charge in [0.1, 0.15) is 6.10 Å². The van der Waals surface area contributed by atoms with Crippen molar-refractivity contribution >= 4 is 11.9 Å². The summed E-state index contributed by atoms with van der Waals surface area (Å²) in [6.45, 7) is 8.59. The minimum atomic E-state index is -0.986. The Balaban J connectivity index is 2.13. The van der Waals surface area contributed by atoms with Crippen LogP contribution in [0.2, 0.25) is 0 Å². The standard InChI is InChI=1S/C23H34O4/c1-5-6-12-21(24)27-22(18-10-8-7-9-11-18)23(25)26-20-15-17(4)13-14-19(20)16(2)3/h7-11,16-17,19-20,22H,5-6,12-15H2,1-4H3/t17-,19+,20-,22-/m1/s1. The summed E-state index contributed by atoms with van der Waals surface area (Å²) in [5.74, 6) is 0.561. The van der Waals surface area contributed by atoms with Crippen LogP contribution in [-0.4, -0.2) is 18.0 Å². The van der Waals surface area contributed by atoms with Gasteiger partial charge in [-0.05, 0) is 37.0 Å². The molecule has 0 spiro atoms. The molecule has 1 aromatic carbocycles. The summed E-state index contributed by atoms with van der Waals surface area (Å²) >= 11 is 0. The molecular weight excluding hydrogens is 340 g/mol. The molecule has 4 heteroatoms. The average molecular weight is 375 g/mol. The van der Waals surface area contributed by atoms with Crippen molar-refractivity contribution in [2.24, 2.45) is 17.8 Å². The Labute approximate surface area is 163 Å². The van der Waals surface area contributed by atoms with Gasteiger partial charge in [0, 0.05) is 12.0 Å². The quantitative estimate of drug-likeness (QED) is 0.567. The minimum Gasteiger partial charge on any atom is -0.459 e. The third-order valence-corrected chi connectivity index (χ3v) is 5.53. The highest BCUT2D eigenvalue weighted by Crippen LogP contribution is 2.36. The van der Waals surface area contributed by atoms with E-state index >= 15 is 0 Å². The molecular formula is C23H34O4. The summed E-state index contributed by atoms with van der Waals surface area (Å²) in [4.78, 5) is 25.2. The van der Waals surface area contributed by atoms with E-state index in [1.165, 1.54) is 6.42 Å². The Morgan fingerprint density at radius 3 is 2.48 bits per heavy atom. The van der Waals surface area contributed by atoms with Crippen LogP contribution in [0.4, 0.5) is 0 Å². The number of carbonyl (C=O) groups excluding carboxylic acids is 2. The summed E-state index contributed by atoms with van der Waals surface area (Å²) in [5.41, 5.74) is 0.664. The van der Waals surface area contributed by atoms with Crippen LogP contribution < -0.4 is 0 Å². The predicted molar refractivity (Wildman–Crippen MR) is 106 cm³/mol. The molecule has 4 atom stereocenters. The number of carbonyl (C=O) groups is 2. The van der Waals surface area contributed by atoms with E-state index in [0.717, 1.165) is 25.7 Å². The van der Waals surface area contributed by atoms with Crippen LogP contribution >= 0.6 is 0 Å². The highest BCUT2D eigenvalue weighted by molar-refractivity contribution is 5.81. The van der Waals surface area contributed by atoms with Gasteiger partial charge in [0.15, 0.2) is 0 Å². The van der Waals surface area contributed by atoms with Crippen molar-refractivity contribution < 1.29 is 19.1 Å². The summed E-state index contributed by atoms with van der Waals surface area (Å²) in [7, 11) is 0. The zero-order chi connectivity index (χ0) is 19.8. The second-order valence-corrected chi connectivity index (χ2v) is 8.19. The first-order valence-electron chi connectivity index (χ1n) is 10.4. The van der Waals surface area contributed by atoms with E-state index in [1.54, 1.807) is 0 Å². The summed E-state index contributed by atoms with van der Waals surface area (Å²) in [6.07, 6.45) is 4.01. The van der Waals surface area contributed by atoms with Gasteiger partial charge in [0.25, 0.3) is 0 Å². The van der Waals surface area contributed by atoms with Crippen molar-refractivity contribution in [3.8, 4) is 0 Å². The van der Waals surface area contributed by atoms with Crippen molar-refractivity contribution in [1.29, 1.82) is 0 Å². The topological polar surface area (TPSA) is 52.6 Å². The van der Waals surface area contributed by atoms with E-state index in [0.29, 0.717) is 29.7 Å². The third kappa shape index (κ3) is 6.37. The lowest BCUT2D eigenvalue weighted by Gasteiger charge is -2.37. The number of unbranched alkanes of at least 4 members (excludes halogenated alkanes) is 1. The van der Waals surface area contributed by atoms with Gasteiger partial charge in [0.05, 0.1) is 0 Å². The highest BCUT2D eigenvalue weighted by Gasteiger charge is 2.36. The highest BCUT2D eigenvalue weighted by atomic mass is 16.6. The molecule has 1 aliphatic rings. The number of rotatable bonds is 8. The molecule has 0 amide bonds. The normalized spacial score (nSPS) is 23.7. The molecule has 0 aromatic heterocycles. The lowest BCUT2D eigenvalue weighted by Crippen LogP contribution is -2.37. The second-order valence-electron chi connectivity index (χ2n) is 8.19. The van der Waals surface area contributed by atoms with Crippen molar-refractivity contribution in [1.82, 2.24) is 0 Å². The number of hydrogen-bond acceptors (Lipinski definition) is 4. The van der Waals surface area contributed by atoms with Crippen molar-refractivity contribution in [3.63, 3.8) is 0 Å². The maximum atomic E-state index is 13.0. The van der Waals surface area contributed by atoms with Gasteiger partial charge in [-0.1, -0.05) is 70.9 Å². The first kappa shape index (κ1) is 21.5. The van der Waals surface area contributed by atoms with E-state index in [1.807, 2.05) is 37.3 Å². The van der Waals surface area contributed by atoms with Gasteiger partial charge in [-0.25, -0.2) is 4.79 Å². The molecule has 0 aliphatic heterocycles. The molecule has 0 bridgehead atoms. The lowest BCUT2D eigenvalue weighted by molar-refractivity contribution is -0.177. The summed E-state index contributed by atoms with van der Waals surface area (Å²) in [5, 5.41) is 0. The fraction of sp³-hybridized carbons (Fsp3) is 0.652. The van der Waals surface area contributed by atoms with Crippen molar-refractivity contribution in [2.75, 3.05) is 0 Å². The van der Waals surface area contributed by atoms with Gasteiger partial charge in [0.2, 0.25) is 6.10 Å². The Bertz CT molecular complexity index is 596. The number of esters is 2. The lowest BCUT2D eigenvalue weighted by atomic mass is 9.75. The van der Waals surface area contributed by atoms with Gasteiger partial charge in [-0.15, -0.1) is 0 Å². The monoisotopic (exact) mass is 374 g/mol. The van der Waals surface area contributed by atoms with Gasteiger partial charge in [-0.3, -0.25) is 4.79 Å².